The molecule has 5 nitrogen and oxygen atoms in total. The van der Waals surface area contributed by atoms with Gasteiger partial charge in [0.25, 0.3) is 5.91 Å². The smallest absolute Gasteiger partial charge is 0.266 e. The minimum atomic E-state index is -0.245. The van der Waals surface area contributed by atoms with Gasteiger partial charge in [-0.25, -0.2) is 4.98 Å². The van der Waals surface area contributed by atoms with Crippen molar-refractivity contribution in [1.82, 2.24) is 9.97 Å². The minimum absolute atomic E-state index is 0.196. The summed E-state index contributed by atoms with van der Waals surface area (Å²) in [6.45, 7) is 1.68. The van der Waals surface area contributed by atoms with Gasteiger partial charge in [0.2, 0.25) is 0 Å². The van der Waals surface area contributed by atoms with Crippen LogP contribution in [0.2, 0.25) is 0 Å². The van der Waals surface area contributed by atoms with Crippen LogP contribution in [0.1, 0.15) is 20.1 Å². The van der Waals surface area contributed by atoms with Gasteiger partial charge in [0, 0.05) is 12.4 Å². The number of nitrogens with one attached hydrogen (secondary N) is 1. The Bertz CT molecular complexity index is 641. The maximum atomic E-state index is 12.0. The number of hydrogen-bond acceptors (Lipinski definition) is 5. The van der Waals surface area contributed by atoms with E-state index in [1.165, 1.54) is 29.9 Å². The van der Waals surface area contributed by atoms with Gasteiger partial charge in [0.1, 0.15) is 6.61 Å². The van der Waals surface area contributed by atoms with E-state index < -0.39 is 0 Å². The lowest BCUT2D eigenvalue weighted by atomic mass is 10.2. The number of amides is 1. The van der Waals surface area contributed by atoms with Crippen LogP contribution in [0.4, 0.5) is 5.82 Å². The molecule has 96 valence electrons. The second kappa shape index (κ2) is 6.09. The van der Waals surface area contributed by atoms with Crippen molar-refractivity contribution in [2.24, 2.45) is 0 Å². The van der Waals surface area contributed by atoms with Gasteiger partial charge in [-0.3, -0.25) is 9.78 Å². The van der Waals surface area contributed by atoms with Crippen LogP contribution >= 0.6 is 11.3 Å². The predicted octanol–water partition coefficient (Wildman–Crippen LogP) is 1.44. The largest absolute Gasteiger partial charge is 0.384 e. The molecule has 0 aliphatic rings. The zero-order valence-electron chi connectivity index (χ0n) is 10.2. The first-order valence-corrected chi connectivity index (χ1v) is 6.30. The Labute approximate surface area is 114 Å². The van der Waals surface area contributed by atoms with Crippen molar-refractivity contribution in [3.63, 3.8) is 0 Å². The Morgan fingerprint density at radius 3 is 3.05 bits per heavy atom. The second-order valence-electron chi connectivity index (χ2n) is 3.63. The molecule has 1 amide bonds. The number of rotatable bonds is 2. The van der Waals surface area contributed by atoms with Crippen molar-refractivity contribution >= 4 is 23.1 Å². The van der Waals surface area contributed by atoms with Crippen LogP contribution < -0.4 is 5.32 Å². The van der Waals surface area contributed by atoms with Gasteiger partial charge in [-0.2, -0.15) is 0 Å². The number of aliphatic hydroxyl groups is 1. The molecule has 0 aromatic carbocycles. The lowest BCUT2D eigenvalue weighted by Gasteiger charge is -2.00. The molecule has 19 heavy (non-hydrogen) atoms. The van der Waals surface area contributed by atoms with Crippen molar-refractivity contribution in [1.29, 1.82) is 0 Å². The fourth-order valence-electron chi connectivity index (χ4n) is 1.38. The third-order valence-electron chi connectivity index (χ3n) is 2.23. The Morgan fingerprint density at radius 2 is 2.37 bits per heavy atom. The summed E-state index contributed by atoms with van der Waals surface area (Å²) in [5.74, 6) is 5.54. The zero-order valence-corrected chi connectivity index (χ0v) is 11.0. The average Bonchev–Trinajstić information content (AvgIpc) is 2.79. The average molecular weight is 273 g/mol. The Balaban J connectivity index is 2.16. The van der Waals surface area contributed by atoms with Crippen molar-refractivity contribution in [2.45, 2.75) is 6.92 Å². The van der Waals surface area contributed by atoms with Crippen LogP contribution in [0, 0.1) is 18.8 Å². The standard InChI is InChI=1S/C13H11N3O2S/c1-9-7-11(19-10(9)3-2-6-17)13(18)16-12-8-14-4-5-15-12/h4-5,7-8,17H,6H2,1H3,(H,15,16,18). The van der Waals surface area contributed by atoms with Crippen molar-refractivity contribution < 1.29 is 9.90 Å². The van der Waals surface area contributed by atoms with Crippen LogP contribution in [-0.4, -0.2) is 27.6 Å². The highest BCUT2D eigenvalue weighted by Crippen LogP contribution is 2.21. The Hall–Kier alpha value is -2.23. The maximum absolute atomic E-state index is 12.0. The minimum Gasteiger partial charge on any atom is -0.384 e. The number of aliphatic hydroxyl groups excluding tert-OH is 1. The number of nitrogens with zero attached hydrogens (tertiary/aromatic N) is 2. The highest BCUT2D eigenvalue weighted by atomic mass is 32.1. The van der Waals surface area contributed by atoms with Crippen LogP contribution in [0.25, 0.3) is 0 Å². The van der Waals surface area contributed by atoms with Crippen LogP contribution in [-0.2, 0) is 0 Å². The number of thiophene rings is 1. The summed E-state index contributed by atoms with van der Waals surface area (Å²) in [7, 11) is 0. The molecule has 0 aliphatic carbocycles. The number of aromatic nitrogens is 2. The number of anilines is 1. The monoisotopic (exact) mass is 273 g/mol. The summed E-state index contributed by atoms with van der Waals surface area (Å²) in [4.78, 5) is 21.2. The second-order valence-corrected chi connectivity index (χ2v) is 4.68. The molecular weight excluding hydrogens is 262 g/mol. The van der Waals surface area contributed by atoms with Gasteiger partial charge in [-0.1, -0.05) is 11.8 Å². The van der Waals surface area contributed by atoms with Gasteiger partial charge < -0.3 is 10.4 Å². The van der Waals surface area contributed by atoms with Gasteiger partial charge >= 0.3 is 0 Å². The number of aryl methyl sites for hydroxylation is 1. The first kappa shape index (κ1) is 13.2. The molecule has 0 bridgehead atoms. The highest BCUT2D eigenvalue weighted by Gasteiger charge is 2.12. The third kappa shape index (κ3) is 3.37. The molecule has 2 rings (SSSR count). The lowest BCUT2D eigenvalue weighted by molar-refractivity contribution is 0.103. The van der Waals surface area contributed by atoms with E-state index in [-0.39, 0.29) is 12.5 Å². The highest BCUT2D eigenvalue weighted by molar-refractivity contribution is 7.14. The molecule has 2 aromatic rings. The summed E-state index contributed by atoms with van der Waals surface area (Å²) in [6, 6.07) is 1.76. The fourth-order valence-corrected chi connectivity index (χ4v) is 2.32. The summed E-state index contributed by atoms with van der Waals surface area (Å²) in [5.41, 5.74) is 0.912. The first-order chi connectivity index (χ1) is 9.20. The number of carbonyl (C=O) groups excluding carboxylic acids is 1. The SMILES string of the molecule is Cc1cc(C(=O)Nc2cnccn2)sc1C#CCO. The lowest BCUT2D eigenvalue weighted by Crippen LogP contribution is -2.11. The molecule has 2 aromatic heterocycles. The fraction of sp³-hybridized carbons (Fsp3) is 0.154. The van der Waals surface area contributed by atoms with E-state index in [1.807, 2.05) is 6.92 Å². The van der Waals surface area contributed by atoms with Crippen LogP contribution in [0.5, 0.6) is 0 Å². The van der Waals surface area contributed by atoms with E-state index in [4.69, 9.17) is 5.11 Å². The van der Waals surface area contributed by atoms with Gasteiger partial charge in [-0.15, -0.1) is 11.3 Å². The maximum Gasteiger partial charge on any atom is 0.266 e. The van der Waals surface area contributed by atoms with Crippen molar-refractivity contribution in [3.05, 3.63) is 40.0 Å². The zero-order chi connectivity index (χ0) is 13.7. The quantitative estimate of drug-likeness (QED) is 0.812. The van der Waals surface area contributed by atoms with Crippen LogP contribution in [0.3, 0.4) is 0 Å². The Morgan fingerprint density at radius 1 is 1.53 bits per heavy atom. The molecule has 0 unspecified atom stereocenters. The molecule has 0 atom stereocenters. The van der Waals surface area contributed by atoms with Crippen LogP contribution in [0.15, 0.2) is 24.7 Å². The Kier molecular flexibility index (Phi) is 4.23. The summed E-state index contributed by atoms with van der Waals surface area (Å²) < 4.78 is 0. The van der Waals surface area contributed by atoms with E-state index >= 15 is 0 Å². The predicted molar refractivity (Wildman–Crippen MR) is 73.0 cm³/mol. The number of hydrogen-bond donors (Lipinski definition) is 2. The molecule has 0 aliphatic heterocycles. The summed E-state index contributed by atoms with van der Waals surface area (Å²) >= 11 is 1.28. The molecule has 0 radical (unpaired) electrons. The third-order valence-corrected chi connectivity index (χ3v) is 3.38. The molecule has 2 heterocycles. The van der Waals surface area contributed by atoms with E-state index in [0.717, 1.165) is 10.4 Å². The molecule has 0 spiro atoms. The van der Waals surface area contributed by atoms with Gasteiger partial charge in [-0.05, 0) is 18.6 Å². The molecule has 6 heteroatoms. The first-order valence-electron chi connectivity index (χ1n) is 5.48. The normalized spacial score (nSPS) is 9.58. The van der Waals surface area contributed by atoms with E-state index in [2.05, 4.69) is 27.1 Å². The summed E-state index contributed by atoms with van der Waals surface area (Å²) in [5, 5.41) is 11.3. The van der Waals surface area contributed by atoms with Gasteiger partial charge in [0.05, 0.1) is 16.0 Å². The van der Waals surface area contributed by atoms with Crippen molar-refractivity contribution in [2.75, 3.05) is 11.9 Å². The molecular formula is C13H11N3O2S. The molecule has 0 saturated heterocycles. The summed E-state index contributed by atoms with van der Waals surface area (Å²) in [6.07, 6.45) is 4.52. The van der Waals surface area contributed by atoms with Crippen molar-refractivity contribution in [3.8, 4) is 11.8 Å². The molecule has 0 saturated carbocycles. The van der Waals surface area contributed by atoms with E-state index in [1.54, 1.807) is 6.07 Å². The molecule has 2 N–H and O–H groups in total. The molecule has 0 fully saturated rings. The number of carbonyl (C=O) groups is 1. The van der Waals surface area contributed by atoms with E-state index in [0.29, 0.717) is 10.7 Å². The van der Waals surface area contributed by atoms with Gasteiger partial charge in [0.15, 0.2) is 5.82 Å². The van der Waals surface area contributed by atoms with E-state index in [9.17, 15) is 4.79 Å². The topological polar surface area (TPSA) is 75.1 Å².